The molecule has 0 saturated carbocycles. The van der Waals surface area contributed by atoms with Crippen molar-refractivity contribution in [1.82, 2.24) is 15.1 Å². The molecule has 90 valence electrons. The SMILES string of the molecule is CCc1cc(CC2CCNCC2C)n(C)n1. The van der Waals surface area contributed by atoms with Crippen LogP contribution in [0.15, 0.2) is 6.07 Å². The van der Waals surface area contributed by atoms with Crippen LogP contribution >= 0.6 is 0 Å². The second-order valence-electron chi connectivity index (χ2n) is 5.04. The van der Waals surface area contributed by atoms with E-state index in [9.17, 15) is 0 Å². The maximum atomic E-state index is 4.52. The Morgan fingerprint density at radius 3 is 3.00 bits per heavy atom. The van der Waals surface area contributed by atoms with Crippen LogP contribution < -0.4 is 5.32 Å². The van der Waals surface area contributed by atoms with E-state index in [1.165, 1.54) is 37.3 Å². The number of hydrogen-bond donors (Lipinski definition) is 1. The predicted octanol–water partition coefficient (Wildman–Crippen LogP) is 1.77. The van der Waals surface area contributed by atoms with Gasteiger partial charge in [-0.15, -0.1) is 0 Å². The average molecular weight is 221 g/mol. The lowest BCUT2D eigenvalue weighted by atomic mass is 9.84. The van der Waals surface area contributed by atoms with Gasteiger partial charge in [0, 0.05) is 12.7 Å². The maximum absolute atomic E-state index is 4.52. The van der Waals surface area contributed by atoms with Crippen molar-refractivity contribution in [2.45, 2.75) is 33.1 Å². The first-order valence-electron chi connectivity index (χ1n) is 6.43. The topological polar surface area (TPSA) is 29.9 Å². The number of piperidine rings is 1. The Morgan fingerprint density at radius 2 is 2.38 bits per heavy atom. The van der Waals surface area contributed by atoms with E-state index < -0.39 is 0 Å². The van der Waals surface area contributed by atoms with Gasteiger partial charge in [-0.2, -0.15) is 5.10 Å². The monoisotopic (exact) mass is 221 g/mol. The molecule has 0 spiro atoms. The summed E-state index contributed by atoms with van der Waals surface area (Å²) < 4.78 is 2.06. The van der Waals surface area contributed by atoms with Gasteiger partial charge in [-0.1, -0.05) is 13.8 Å². The predicted molar refractivity (Wildman–Crippen MR) is 66.4 cm³/mol. The van der Waals surface area contributed by atoms with Crippen molar-refractivity contribution in [3.63, 3.8) is 0 Å². The highest BCUT2D eigenvalue weighted by atomic mass is 15.3. The van der Waals surface area contributed by atoms with Crippen LogP contribution in [0.4, 0.5) is 0 Å². The molecule has 1 N–H and O–H groups in total. The van der Waals surface area contributed by atoms with Crippen molar-refractivity contribution in [1.29, 1.82) is 0 Å². The number of nitrogens with zero attached hydrogens (tertiary/aromatic N) is 2. The maximum Gasteiger partial charge on any atom is 0.0624 e. The highest BCUT2D eigenvalue weighted by Crippen LogP contribution is 2.23. The van der Waals surface area contributed by atoms with E-state index in [1.807, 2.05) is 0 Å². The minimum atomic E-state index is 0.786. The van der Waals surface area contributed by atoms with E-state index in [1.54, 1.807) is 0 Å². The standard InChI is InChI=1S/C13H23N3/c1-4-12-8-13(16(3)15-12)7-11-5-6-14-9-10(11)2/h8,10-11,14H,4-7,9H2,1-3H3. The van der Waals surface area contributed by atoms with E-state index in [2.05, 4.69) is 42.1 Å². The molecule has 0 aliphatic carbocycles. The van der Waals surface area contributed by atoms with Gasteiger partial charge in [0.15, 0.2) is 0 Å². The zero-order valence-electron chi connectivity index (χ0n) is 10.7. The molecule has 1 aromatic rings. The van der Waals surface area contributed by atoms with Gasteiger partial charge in [0.25, 0.3) is 0 Å². The van der Waals surface area contributed by atoms with Crippen molar-refractivity contribution in [2.75, 3.05) is 13.1 Å². The van der Waals surface area contributed by atoms with Crippen LogP contribution in [-0.2, 0) is 19.9 Å². The number of nitrogens with one attached hydrogen (secondary N) is 1. The highest BCUT2D eigenvalue weighted by Gasteiger charge is 2.22. The Morgan fingerprint density at radius 1 is 1.56 bits per heavy atom. The molecule has 1 fully saturated rings. The quantitative estimate of drug-likeness (QED) is 0.843. The normalized spacial score (nSPS) is 25.9. The lowest BCUT2D eigenvalue weighted by Crippen LogP contribution is -2.36. The van der Waals surface area contributed by atoms with Crippen LogP contribution in [0.1, 0.15) is 31.7 Å². The molecule has 16 heavy (non-hydrogen) atoms. The van der Waals surface area contributed by atoms with Gasteiger partial charge < -0.3 is 5.32 Å². The summed E-state index contributed by atoms with van der Waals surface area (Å²) in [4.78, 5) is 0. The molecule has 3 heteroatoms. The Kier molecular flexibility index (Phi) is 3.64. The highest BCUT2D eigenvalue weighted by molar-refractivity contribution is 5.11. The first-order chi connectivity index (χ1) is 7.70. The second-order valence-corrected chi connectivity index (χ2v) is 5.04. The molecule has 0 amide bonds. The molecule has 0 bridgehead atoms. The molecule has 2 rings (SSSR count). The van der Waals surface area contributed by atoms with Crippen molar-refractivity contribution in [3.8, 4) is 0 Å². The van der Waals surface area contributed by atoms with Crippen LogP contribution in [0.3, 0.4) is 0 Å². The fourth-order valence-corrected chi connectivity index (χ4v) is 2.58. The molecule has 0 aromatic carbocycles. The molecule has 1 aromatic heterocycles. The van der Waals surface area contributed by atoms with E-state index >= 15 is 0 Å². The summed E-state index contributed by atoms with van der Waals surface area (Å²) in [5.74, 6) is 1.61. The minimum absolute atomic E-state index is 0.786. The van der Waals surface area contributed by atoms with Crippen molar-refractivity contribution in [2.24, 2.45) is 18.9 Å². The van der Waals surface area contributed by atoms with Gasteiger partial charge in [0.1, 0.15) is 0 Å². The van der Waals surface area contributed by atoms with E-state index in [4.69, 9.17) is 0 Å². The van der Waals surface area contributed by atoms with Crippen molar-refractivity contribution in [3.05, 3.63) is 17.5 Å². The number of rotatable bonds is 3. The van der Waals surface area contributed by atoms with Crippen molar-refractivity contribution < 1.29 is 0 Å². The first kappa shape index (κ1) is 11.6. The molecule has 3 nitrogen and oxygen atoms in total. The number of aromatic nitrogens is 2. The van der Waals surface area contributed by atoms with E-state index in [0.717, 1.165) is 18.3 Å². The minimum Gasteiger partial charge on any atom is -0.316 e. The first-order valence-corrected chi connectivity index (χ1v) is 6.43. The Labute approximate surface area is 98.2 Å². The fraction of sp³-hybridized carbons (Fsp3) is 0.769. The molecule has 0 radical (unpaired) electrons. The zero-order chi connectivity index (χ0) is 11.5. The summed E-state index contributed by atoms with van der Waals surface area (Å²) >= 11 is 0. The lowest BCUT2D eigenvalue weighted by molar-refractivity contribution is 0.268. The lowest BCUT2D eigenvalue weighted by Gasteiger charge is -2.29. The molecular formula is C13H23N3. The summed E-state index contributed by atoms with van der Waals surface area (Å²) in [6, 6.07) is 2.27. The number of hydrogen-bond acceptors (Lipinski definition) is 2. The van der Waals surface area contributed by atoms with E-state index in [0.29, 0.717) is 0 Å². The Bertz CT molecular complexity index is 343. The summed E-state index contributed by atoms with van der Waals surface area (Å²) in [5, 5.41) is 7.98. The summed E-state index contributed by atoms with van der Waals surface area (Å²) in [6.07, 6.45) is 3.52. The van der Waals surface area contributed by atoms with Crippen molar-refractivity contribution >= 4 is 0 Å². The van der Waals surface area contributed by atoms with Gasteiger partial charge in [0.2, 0.25) is 0 Å². The fourth-order valence-electron chi connectivity index (χ4n) is 2.58. The smallest absolute Gasteiger partial charge is 0.0624 e. The van der Waals surface area contributed by atoms with Gasteiger partial charge in [-0.05, 0) is 50.3 Å². The average Bonchev–Trinajstić information content (AvgIpc) is 2.63. The molecule has 1 saturated heterocycles. The zero-order valence-corrected chi connectivity index (χ0v) is 10.7. The third-order valence-electron chi connectivity index (χ3n) is 3.82. The van der Waals surface area contributed by atoms with Gasteiger partial charge in [-0.3, -0.25) is 4.68 Å². The summed E-state index contributed by atoms with van der Waals surface area (Å²) in [7, 11) is 2.07. The van der Waals surface area contributed by atoms with Gasteiger partial charge in [-0.25, -0.2) is 0 Å². The summed E-state index contributed by atoms with van der Waals surface area (Å²) in [6.45, 7) is 6.86. The Hall–Kier alpha value is -0.830. The molecule has 2 heterocycles. The van der Waals surface area contributed by atoms with Crippen LogP contribution in [0.2, 0.25) is 0 Å². The van der Waals surface area contributed by atoms with Crippen LogP contribution in [0, 0.1) is 11.8 Å². The molecule has 2 unspecified atom stereocenters. The van der Waals surface area contributed by atoms with E-state index in [-0.39, 0.29) is 0 Å². The van der Waals surface area contributed by atoms with Crippen LogP contribution in [0.5, 0.6) is 0 Å². The molecule has 1 aliphatic rings. The van der Waals surface area contributed by atoms with Crippen LogP contribution in [0.25, 0.3) is 0 Å². The Balaban J connectivity index is 2.04. The second kappa shape index (κ2) is 5.00. The molecule has 1 aliphatic heterocycles. The largest absolute Gasteiger partial charge is 0.316 e. The van der Waals surface area contributed by atoms with Gasteiger partial charge >= 0.3 is 0 Å². The summed E-state index contributed by atoms with van der Waals surface area (Å²) in [5.41, 5.74) is 2.62. The third kappa shape index (κ3) is 2.46. The van der Waals surface area contributed by atoms with Crippen LogP contribution in [-0.4, -0.2) is 22.9 Å². The third-order valence-corrected chi connectivity index (χ3v) is 3.82. The number of aryl methyl sites for hydroxylation is 2. The molecule has 2 atom stereocenters. The molecular weight excluding hydrogens is 198 g/mol. The van der Waals surface area contributed by atoms with Gasteiger partial charge in [0.05, 0.1) is 5.69 Å².